The Kier molecular flexibility index (Phi) is 4.98. The molecule has 2 aromatic carbocycles. The SMILES string of the molecule is C/C(=N\Nc1ccnc2cc(Cl)ccc12)c1sc(-c2ccc(O)cc2)nc1C. The second kappa shape index (κ2) is 7.58. The van der Waals surface area contributed by atoms with Gasteiger partial charge in [-0.1, -0.05) is 11.6 Å². The van der Waals surface area contributed by atoms with Crippen LogP contribution in [-0.4, -0.2) is 20.8 Å². The van der Waals surface area contributed by atoms with Gasteiger partial charge in [-0.25, -0.2) is 4.98 Å². The number of thiazole rings is 1. The number of halogens is 1. The first-order valence-corrected chi connectivity index (χ1v) is 9.82. The molecule has 0 saturated carbocycles. The average Bonchev–Trinajstić information content (AvgIpc) is 3.08. The zero-order valence-electron chi connectivity index (χ0n) is 15.3. The van der Waals surface area contributed by atoms with Crippen molar-refractivity contribution in [3.63, 3.8) is 0 Å². The number of pyridine rings is 1. The minimum Gasteiger partial charge on any atom is -0.508 e. The van der Waals surface area contributed by atoms with Crippen LogP contribution in [0.15, 0.2) is 59.8 Å². The number of benzene rings is 2. The molecule has 2 heterocycles. The first-order valence-electron chi connectivity index (χ1n) is 8.63. The lowest BCUT2D eigenvalue weighted by atomic mass is 10.2. The zero-order chi connectivity index (χ0) is 19.7. The fourth-order valence-corrected chi connectivity index (χ4v) is 4.06. The van der Waals surface area contributed by atoms with Gasteiger partial charge in [0.15, 0.2) is 0 Å². The van der Waals surface area contributed by atoms with Crippen molar-refractivity contribution in [3.05, 3.63) is 70.3 Å². The number of hydrogen-bond acceptors (Lipinski definition) is 6. The van der Waals surface area contributed by atoms with E-state index in [-0.39, 0.29) is 5.75 Å². The minimum absolute atomic E-state index is 0.241. The van der Waals surface area contributed by atoms with Crippen LogP contribution in [0.1, 0.15) is 17.5 Å². The summed E-state index contributed by atoms with van der Waals surface area (Å²) in [5.74, 6) is 0.241. The molecule has 5 nitrogen and oxygen atoms in total. The summed E-state index contributed by atoms with van der Waals surface area (Å²) in [7, 11) is 0. The number of aryl methyl sites for hydroxylation is 1. The smallest absolute Gasteiger partial charge is 0.124 e. The van der Waals surface area contributed by atoms with Gasteiger partial charge in [-0.05, 0) is 62.4 Å². The summed E-state index contributed by atoms with van der Waals surface area (Å²) in [4.78, 5) is 10.0. The molecule has 0 aliphatic carbocycles. The second-order valence-electron chi connectivity index (χ2n) is 6.31. The topological polar surface area (TPSA) is 70.4 Å². The van der Waals surface area contributed by atoms with E-state index in [2.05, 4.69) is 20.5 Å². The van der Waals surface area contributed by atoms with Crippen molar-refractivity contribution < 1.29 is 5.11 Å². The van der Waals surface area contributed by atoms with Gasteiger partial charge in [-0.15, -0.1) is 11.3 Å². The fourth-order valence-electron chi connectivity index (χ4n) is 2.87. The number of aromatic nitrogens is 2. The number of fused-ring (bicyclic) bond motifs is 1. The monoisotopic (exact) mass is 408 g/mol. The van der Waals surface area contributed by atoms with Crippen LogP contribution in [0.4, 0.5) is 5.69 Å². The molecule has 0 saturated heterocycles. The number of aromatic hydroxyl groups is 1. The van der Waals surface area contributed by atoms with Gasteiger partial charge in [-0.2, -0.15) is 5.10 Å². The van der Waals surface area contributed by atoms with Gasteiger partial charge in [0.25, 0.3) is 0 Å². The molecule has 28 heavy (non-hydrogen) atoms. The van der Waals surface area contributed by atoms with E-state index in [1.54, 1.807) is 29.7 Å². The number of anilines is 1. The number of hydrazone groups is 1. The number of nitrogens with one attached hydrogen (secondary N) is 1. The molecule has 0 aliphatic heterocycles. The Morgan fingerprint density at radius 3 is 2.71 bits per heavy atom. The Labute approximate surface area is 171 Å². The summed E-state index contributed by atoms with van der Waals surface area (Å²) in [6.45, 7) is 3.92. The molecule has 0 amide bonds. The van der Waals surface area contributed by atoms with Gasteiger partial charge in [-0.3, -0.25) is 10.4 Å². The first-order chi connectivity index (χ1) is 13.5. The van der Waals surface area contributed by atoms with Crippen molar-refractivity contribution in [1.29, 1.82) is 0 Å². The average molecular weight is 409 g/mol. The molecule has 4 aromatic rings. The van der Waals surface area contributed by atoms with Crippen molar-refractivity contribution in [2.75, 3.05) is 5.43 Å². The lowest BCUT2D eigenvalue weighted by molar-refractivity contribution is 0.475. The van der Waals surface area contributed by atoms with Crippen molar-refractivity contribution in [2.45, 2.75) is 13.8 Å². The highest BCUT2D eigenvalue weighted by atomic mass is 35.5. The Balaban J connectivity index is 1.62. The number of rotatable bonds is 4. The molecular weight excluding hydrogens is 392 g/mol. The highest BCUT2D eigenvalue weighted by molar-refractivity contribution is 7.17. The number of hydrogen-bond donors (Lipinski definition) is 2. The molecule has 0 aliphatic rings. The highest BCUT2D eigenvalue weighted by Crippen LogP contribution is 2.30. The molecular formula is C21H17ClN4OS. The van der Waals surface area contributed by atoms with Gasteiger partial charge in [0.05, 0.1) is 27.5 Å². The van der Waals surface area contributed by atoms with Crippen LogP contribution >= 0.6 is 22.9 Å². The molecule has 7 heteroatoms. The largest absolute Gasteiger partial charge is 0.508 e. The van der Waals surface area contributed by atoms with E-state index in [9.17, 15) is 5.11 Å². The Hall–Kier alpha value is -2.96. The number of phenols is 1. The van der Waals surface area contributed by atoms with Crippen LogP contribution in [0, 0.1) is 6.92 Å². The molecule has 2 aromatic heterocycles. The van der Waals surface area contributed by atoms with Crippen LogP contribution in [0.25, 0.3) is 21.5 Å². The minimum atomic E-state index is 0.241. The number of nitrogens with zero attached hydrogens (tertiary/aromatic N) is 3. The third-order valence-corrected chi connectivity index (χ3v) is 5.84. The molecule has 0 bridgehead atoms. The molecule has 2 N–H and O–H groups in total. The van der Waals surface area contributed by atoms with Crippen molar-refractivity contribution >= 4 is 45.2 Å². The van der Waals surface area contributed by atoms with Crippen LogP contribution in [0.3, 0.4) is 0 Å². The summed E-state index contributed by atoms with van der Waals surface area (Å²) in [5.41, 5.74) is 7.55. The summed E-state index contributed by atoms with van der Waals surface area (Å²) in [5, 5.41) is 16.5. The standard InChI is InChI=1S/C21H17ClN4OS/c1-12-20(28-21(24-12)14-3-6-16(27)7-4-14)13(2)25-26-18-9-10-23-19-11-15(22)5-8-17(18)19/h3-11,27H,1-2H3,(H,23,26)/b25-13+. The van der Waals surface area contributed by atoms with Gasteiger partial charge in [0.1, 0.15) is 10.8 Å². The van der Waals surface area contributed by atoms with E-state index >= 15 is 0 Å². The van der Waals surface area contributed by atoms with E-state index in [1.165, 1.54) is 0 Å². The Bertz CT molecular complexity index is 1180. The molecule has 0 spiro atoms. The zero-order valence-corrected chi connectivity index (χ0v) is 16.8. The van der Waals surface area contributed by atoms with E-state index in [4.69, 9.17) is 11.6 Å². The third kappa shape index (κ3) is 3.69. The lowest BCUT2D eigenvalue weighted by Crippen LogP contribution is -2.00. The molecule has 0 radical (unpaired) electrons. The third-order valence-electron chi connectivity index (χ3n) is 4.29. The maximum absolute atomic E-state index is 9.46. The fraction of sp³-hybridized carbons (Fsp3) is 0.0952. The maximum atomic E-state index is 9.46. The van der Waals surface area contributed by atoms with Crippen molar-refractivity contribution in [2.24, 2.45) is 5.10 Å². The van der Waals surface area contributed by atoms with Gasteiger partial charge in [0, 0.05) is 22.2 Å². The van der Waals surface area contributed by atoms with Gasteiger partial charge < -0.3 is 5.11 Å². The summed E-state index contributed by atoms with van der Waals surface area (Å²) in [6.07, 6.45) is 1.73. The first kappa shape index (κ1) is 18.4. The predicted molar refractivity (Wildman–Crippen MR) is 117 cm³/mol. The maximum Gasteiger partial charge on any atom is 0.124 e. The van der Waals surface area contributed by atoms with Crippen molar-refractivity contribution in [1.82, 2.24) is 9.97 Å². The van der Waals surface area contributed by atoms with Crippen molar-refractivity contribution in [3.8, 4) is 16.3 Å². The molecule has 0 fully saturated rings. The van der Waals surface area contributed by atoms with Crippen LogP contribution < -0.4 is 5.43 Å². The molecule has 0 atom stereocenters. The van der Waals surface area contributed by atoms with Crippen LogP contribution in [0.5, 0.6) is 5.75 Å². The second-order valence-corrected chi connectivity index (χ2v) is 7.74. The van der Waals surface area contributed by atoms with E-state index in [0.29, 0.717) is 5.02 Å². The summed E-state index contributed by atoms with van der Waals surface area (Å²) < 4.78 is 0. The number of phenolic OH excluding ortho intramolecular Hbond substituents is 1. The quantitative estimate of drug-likeness (QED) is 0.327. The van der Waals surface area contributed by atoms with E-state index in [0.717, 1.165) is 43.4 Å². The Morgan fingerprint density at radius 2 is 1.93 bits per heavy atom. The van der Waals surface area contributed by atoms with Crippen LogP contribution in [-0.2, 0) is 0 Å². The lowest BCUT2D eigenvalue weighted by Gasteiger charge is -2.06. The van der Waals surface area contributed by atoms with E-state index in [1.807, 2.05) is 50.2 Å². The predicted octanol–water partition coefficient (Wildman–Crippen LogP) is 5.86. The summed E-state index contributed by atoms with van der Waals surface area (Å²) in [6, 6.07) is 14.5. The molecule has 0 unspecified atom stereocenters. The molecule has 4 rings (SSSR count). The summed E-state index contributed by atoms with van der Waals surface area (Å²) >= 11 is 7.62. The molecule has 140 valence electrons. The van der Waals surface area contributed by atoms with Gasteiger partial charge in [0.2, 0.25) is 0 Å². The van der Waals surface area contributed by atoms with Crippen LogP contribution in [0.2, 0.25) is 5.02 Å². The normalized spacial score (nSPS) is 11.8. The van der Waals surface area contributed by atoms with Gasteiger partial charge >= 0.3 is 0 Å². The highest BCUT2D eigenvalue weighted by Gasteiger charge is 2.12. The Morgan fingerprint density at radius 1 is 1.14 bits per heavy atom. The van der Waals surface area contributed by atoms with E-state index < -0.39 is 0 Å².